The summed E-state index contributed by atoms with van der Waals surface area (Å²) < 4.78 is 28.6. The summed E-state index contributed by atoms with van der Waals surface area (Å²) in [5.74, 6) is -0.707. The smallest absolute Gasteiger partial charge is 0.264 e. The van der Waals surface area contributed by atoms with Crippen molar-refractivity contribution in [2.24, 2.45) is 0 Å². The van der Waals surface area contributed by atoms with Gasteiger partial charge in [0.15, 0.2) is 0 Å². The zero-order valence-corrected chi connectivity index (χ0v) is 23.3. The van der Waals surface area contributed by atoms with Crippen molar-refractivity contribution in [2.75, 3.05) is 10.8 Å². The molecular weight excluding hydrogens is 498 g/mol. The second-order valence-corrected chi connectivity index (χ2v) is 11.3. The average Bonchev–Trinajstić information content (AvgIpc) is 2.92. The van der Waals surface area contributed by atoms with Gasteiger partial charge >= 0.3 is 0 Å². The van der Waals surface area contributed by atoms with Crippen LogP contribution in [0, 0.1) is 6.92 Å². The maximum absolute atomic E-state index is 14.0. The highest BCUT2D eigenvalue weighted by Gasteiger charge is 2.33. The summed E-state index contributed by atoms with van der Waals surface area (Å²) in [6.07, 6.45) is 1.14. The normalized spacial score (nSPS) is 12.8. The highest BCUT2D eigenvalue weighted by Crippen LogP contribution is 2.24. The van der Waals surface area contributed by atoms with Gasteiger partial charge in [-0.1, -0.05) is 80.1 Å². The Morgan fingerprint density at radius 3 is 2.08 bits per heavy atom. The molecule has 0 aliphatic carbocycles. The number of amides is 2. The molecule has 7 nitrogen and oxygen atoms in total. The van der Waals surface area contributed by atoms with Crippen molar-refractivity contribution in [2.45, 2.75) is 64.1 Å². The number of carbonyl (C=O) groups is 2. The molecule has 0 spiro atoms. The van der Waals surface area contributed by atoms with Crippen LogP contribution in [0.3, 0.4) is 0 Å². The molecule has 0 fully saturated rings. The summed E-state index contributed by atoms with van der Waals surface area (Å²) in [4.78, 5) is 28.9. The number of para-hydroxylation sites is 1. The van der Waals surface area contributed by atoms with Crippen LogP contribution in [0.5, 0.6) is 0 Å². The number of nitrogens with zero attached hydrogens (tertiary/aromatic N) is 2. The Bertz CT molecular complexity index is 1310. The van der Waals surface area contributed by atoms with Gasteiger partial charge in [0.25, 0.3) is 10.0 Å². The minimum atomic E-state index is -4.05. The predicted octanol–water partition coefficient (Wildman–Crippen LogP) is 4.91. The molecule has 3 rings (SSSR count). The highest BCUT2D eigenvalue weighted by molar-refractivity contribution is 7.92. The molecule has 0 aliphatic rings. The molecule has 3 aromatic rings. The average molecular weight is 536 g/mol. The molecule has 0 saturated heterocycles. The maximum Gasteiger partial charge on any atom is 0.264 e. The van der Waals surface area contributed by atoms with Crippen molar-refractivity contribution in [3.8, 4) is 0 Å². The van der Waals surface area contributed by atoms with Crippen LogP contribution in [0.2, 0.25) is 0 Å². The fraction of sp³-hybridized carbons (Fsp3) is 0.333. The van der Waals surface area contributed by atoms with Gasteiger partial charge in [0, 0.05) is 12.6 Å². The Kier molecular flexibility index (Phi) is 10.1. The molecule has 3 aromatic carbocycles. The number of hydrogen-bond acceptors (Lipinski definition) is 4. The van der Waals surface area contributed by atoms with Crippen LogP contribution in [0.15, 0.2) is 89.8 Å². The Balaban J connectivity index is 2.02. The first-order chi connectivity index (χ1) is 18.2. The van der Waals surface area contributed by atoms with Gasteiger partial charge in [0.2, 0.25) is 11.8 Å². The molecule has 0 aliphatic heterocycles. The van der Waals surface area contributed by atoms with Gasteiger partial charge in [-0.05, 0) is 56.5 Å². The SMILES string of the molecule is CC[C@@H](C)NC(=O)[C@@H](CC)N(Cc1cccc(C)c1)C(=O)CN(c1ccccc1)S(=O)(=O)c1ccccc1. The lowest BCUT2D eigenvalue weighted by molar-refractivity contribution is -0.140. The fourth-order valence-corrected chi connectivity index (χ4v) is 5.65. The van der Waals surface area contributed by atoms with Gasteiger partial charge in [-0.2, -0.15) is 0 Å². The Morgan fingerprint density at radius 2 is 1.50 bits per heavy atom. The summed E-state index contributed by atoms with van der Waals surface area (Å²) in [7, 11) is -4.05. The van der Waals surface area contributed by atoms with Crippen LogP contribution in [-0.2, 0) is 26.2 Å². The topological polar surface area (TPSA) is 86.8 Å². The molecule has 202 valence electrons. The summed E-state index contributed by atoms with van der Waals surface area (Å²) in [6.45, 7) is 7.45. The first kappa shape index (κ1) is 28.9. The van der Waals surface area contributed by atoms with E-state index in [1.54, 1.807) is 48.5 Å². The van der Waals surface area contributed by atoms with E-state index in [2.05, 4.69) is 5.32 Å². The van der Waals surface area contributed by atoms with Gasteiger partial charge in [0.05, 0.1) is 10.6 Å². The number of nitrogens with one attached hydrogen (secondary N) is 1. The van der Waals surface area contributed by atoms with Crippen LogP contribution in [0.4, 0.5) is 5.69 Å². The van der Waals surface area contributed by atoms with E-state index in [4.69, 9.17) is 0 Å². The second kappa shape index (κ2) is 13.2. The van der Waals surface area contributed by atoms with Crippen LogP contribution in [0.1, 0.15) is 44.7 Å². The number of rotatable bonds is 12. The van der Waals surface area contributed by atoms with E-state index >= 15 is 0 Å². The molecule has 8 heteroatoms. The van der Waals surface area contributed by atoms with E-state index in [9.17, 15) is 18.0 Å². The van der Waals surface area contributed by atoms with Crippen molar-refractivity contribution >= 4 is 27.5 Å². The van der Waals surface area contributed by atoms with Crippen LogP contribution < -0.4 is 9.62 Å². The van der Waals surface area contributed by atoms with Gasteiger partial charge in [-0.3, -0.25) is 13.9 Å². The third-order valence-corrected chi connectivity index (χ3v) is 8.26. The molecule has 0 aromatic heterocycles. The number of sulfonamides is 1. The summed E-state index contributed by atoms with van der Waals surface area (Å²) >= 11 is 0. The number of hydrogen-bond donors (Lipinski definition) is 1. The summed E-state index contributed by atoms with van der Waals surface area (Å²) in [6, 6.07) is 23.5. The predicted molar refractivity (Wildman–Crippen MR) is 151 cm³/mol. The largest absolute Gasteiger partial charge is 0.352 e. The molecular formula is C30H37N3O4S. The summed E-state index contributed by atoms with van der Waals surface area (Å²) in [5.41, 5.74) is 2.27. The fourth-order valence-electron chi connectivity index (χ4n) is 4.21. The number of carbonyl (C=O) groups excluding carboxylic acids is 2. The zero-order valence-electron chi connectivity index (χ0n) is 22.5. The van der Waals surface area contributed by atoms with E-state index in [0.717, 1.165) is 21.9 Å². The van der Waals surface area contributed by atoms with Crippen LogP contribution >= 0.6 is 0 Å². The molecule has 1 N–H and O–H groups in total. The molecule has 38 heavy (non-hydrogen) atoms. The van der Waals surface area contributed by atoms with Gasteiger partial charge < -0.3 is 10.2 Å². The monoisotopic (exact) mass is 535 g/mol. The van der Waals surface area contributed by atoms with Crippen molar-refractivity contribution < 1.29 is 18.0 Å². The lowest BCUT2D eigenvalue weighted by Gasteiger charge is -2.33. The molecule has 0 bridgehead atoms. The minimum Gasteiger partial charge on any atom is -0.352 e. The first-order valence-electron chi connectivity index (χ1n) is 13.0. The molecule has 2 atom stereocenters. The Hall–Kier alpha value is -3.65. The number of anilines is 1. The third-order valence-electron chi connectivity index (χ3n) is 6.48. The van der Waals surface area contributed by atoms with Crippen LogP contribution in [-0.4, -0.2) is 43.8 Å². The standard InChI is InChI=1S/C30H37N3O4S/c1-5-24(4)31-30(35)28(6-2)32(21-25-15-13-14-23(3)20-25)29(34)22-33(26-16-9-7-10-17-26)38(36,37)27-18-11-8-12-19-27/h7-20,24,28H,5-6,21-22H2,1-4H3,(H,31,35)/t24-,28-/m1/s1. The van der Waals surface area contributed by atoms with Gasteiger partial charge in [-0.25, -0.2) is 8.42 Å². The van der Waals surface area contributed by atoms with Crippen molar-refractivity contribution in [3.63, 3.8) is 0 Å². The van der Waals surface area contributed by atoms with E-state index < -0.39 is 28.5 Å². The summed E-state index contributed by atoms with van der Waals surface area (Å²) in [5, 5.41) is 2.99. The number of aryl methyl sites for hydroxylation is 1. The van der Waals surface area contributed by atoms with E-state index in [-0.39, 0.29) is 23.4 Å². The Labute approximate surface area is 226 Å². The zero-order chi connectivity index (χ0) is 27.7. The van der Waals surface area contributed by atoms with E-state index in [1.807, 2.05) is 52.0 Å². The van der Waals surface area contributed by atoms with Crippen LogP contribution in [0.25, 0.3) is 0 Å². The quantitative estimate of drug-likeness (QED) is 0.357. The van der Waals surface area contributed by atoms with E-state index in [0.29, 0.717) is 12.1 Å². The van der Waals surface area contributed by atoms with Crippen molar-refractivity contribution in [3.05, 3.63) is 96.1 Å². The number of benzene rings is 3. The Morgan fingerprint density at radius 1 is 0.868 bits per heavy atom. The lowest BCUT2D eigenvalue weighted by atomic mass is 10.1. The second-order valence-electron chi connectivity index (χ2n) is 9.41. The maximum atomic E-state index is 14.0. The molecule has 0 saturated carbocycles. The molecule has 2 amide bonds. The van der Waals surface area contributed by atoms with Crippen molar-refractivity contribution in [1.29, 1.82) is 0 Å². The minimum absolute atomic E-state index is 0.0493. The molecule has 0 unspecified atom stereocenters. The first-order valence-corrected chi connectivity index (χ1v) is 14.4. The third kappa shape index (κ3) is 7.22. The lowest BCUT2D eigenvalue weighted by Crippen LogP contribution is -2.53. The van der Waals surface area contributed by atoms with Gasteiger partial charge in [0.1, 0.15) is 12.6 Å². The van der Waals surface area contributed by atoms with Gasteiger partial charge in [-0.15, -0.1) is 0 Å². The van der Waals surface area contributed by atoms with E-state index in [1.165, 1.54) is 17.0 Å². The highest BCUT2D eigenvalue weighted by atomic mass is 32.2. The van der Waals surface area contributed by atoms with Crippen molar-refractivity contribution in [1.82, 2.24) is 10.2 Å². The molecule has 0 radical (unpaired) electrons. The molecule has 0 heterocycles.